The molecule has 0 aromatic heterocycles. The first-order chi connectivity index (χ1) is 7.33. The van der Waals surface area contributed by atoms with Crippen LogP contribution in [0.1, 0.15) is 39.0 Å². The van der Waals surface area contributed by atoms with Gasteiger partial charge in [-0.3, -0.25) is 0 Å². The van der Waals surface area contributed by atoms with Crippen LogP contribution >= 0.6 is 12.6 Å². The van der Waals surface area contributed by atoms with Crippen molar-refractivity contribution in [3.8, 4) is 0 Å². The molecule has 1 rings (SSSR count). The van der Waals surface area contributed by atoms with Crippen molar-refractivity contribution in [3.05, 3.63) is 24.3 Å². The van der Waals surface area contributed by atoms with Crippen LogP contribution in [0.2, 0.25) is 0 Å². The van der Waals surface area contributed by atoms with Gasteiger partial charge >= 0.3 is 0 Å². The number of benzene rings is 1. The van der Waals surface area contributed by atoms with Gasteiger partial charge in [0.1, 0.15) is 0 Å². The van der Waals surface area contributed by atoms with E-state index in [2.05, 4.69) is 37.0 Å². The van der Waals surface area contributed by atoms with Gasteiger partial charge in [0.25, 0.3) is 0 Å². The number of anilines is 1. The maximum absolute atomic E-state index is 4.25. The fraction of sp³-hybridized carbons (Fsp3) is 0.538. The quantitative estimate of drug-likeness (QED) is 0.517. The molecule has 0 radical (unpaired) electrons. The molecule has 0 amide bonds. The Bertz CT molecular complexity index is 256. The van der Waals surface area contributed by atoms with E-state index in [0.717, 1.165) is 11.4 Å². The number of unbranched alkanes of at least 4 members (excludes halogenated alkanes) is 4. The van der Waals surface area contributed by atoms with Gasteiger partial charge in [0.05, 0.1) is 0 Å². The van der Waals surface area contributed by atoms with Gasteiger partial charge in [-0.15, -0.1) is 12.6 Å². The first-order valence-electron chi connectivity index (χ1n) is 5.86. The molecular weight excluding hydrogens is 202 g/mol. The molecule has 1 nitrogen and oxygen atoms in total. The second-order valence-electron chi connectivity index (χ2n) is 3.89. The minimum atomic E-state index is 1.02. The fourth-order valence-electron chi connectivity index (χ4n) is 1.54. The lowest BCUT2D eigenvalue weighted by atomic mass is 10.1. The van der Waals surface area contributed by atoms with E-state index in [1.54, 1.807) is 0 Å². The van der Waals surface area contributed by atoms with Crippen LogP contribution in [0.5, 0.6) is 0 Å². The summed E-state index contributed by atoms with van der Waals surface area (Å²) in [5, 5.41) is 3.41. The number of hydrogen-bond donors (Lipinski definition) is 2. The molecule has 0 saturated carbocycles. The van der Waals surface area contributed by atoms with Gasteiger partial charge in [0, 0.05) is 17.1 Å². The highest BCUT2D eigenvalue weighted by Gasteiger charge is 1.91. The minimum absolute atomic E-state index is 1.02. The smallest absolute Gasteiger partial charge is 0.0340 e. The van der Waals surface area contributed by atoms with E-state index in [0.29, 0.717) is 0 Å². The van der Waals surface area contributed by atoms with Crippen LogP contribution in [0.15, 0.2) is 29.2 Å². The Hall–Kier alpha value is -0.630. The van der Waals surface area contributed by atoms with Crippen LogP contribution in [0.4, 0.5) is 5.69 Å². The summed E-state index contributed by atoms with van der Waals surface area (Å²) in [5.41, 5.74) is 1.20. The molecule has 1 N–H and O–H groups in total. The molecule has 0 atom stereocenters. The first-order valence-corrected chi connectivity index (χ1v) is 6.30. The van der Waals surface area contributed by atoms with Gasteiger partial charge < -0.3 is 5.32 Å². The topological polar surface area (TPSA) is 12.0 Å². The van der Waals surface area contributed by atoms with Gasteiger partial charge in [-0.05, 0) is 30.7 Å². The summed E-state index contributed by atoms with van der Waals surface area (Å²) in [6, 6.07) is 8.19. The summed E-state index contributed by atoms with van der Waals surface area (Å²) in [4.78, 5) is 1.02. The predicted molar refractivity (Wildman–Crippen MR) is 70.9 cm³/mol. The summed E-state index contributed by atoms with van der Waals surface area (Å²) in [6.07, 6.45) is 6.66. The van der Waals surface area contributed by atoms with Crippen molar-refractivity contribution in [2.24, 2.45) is 0 Å². The normalized spacial score (nSPS) is 10.3. The Kier molecular flexibility index (Phi) is 6.33. The molecule has 15 heavy (non-hydrogen) atoms. The van der Waals surface area contributed by atoms with Crippen molar-refractivity contribution in [3.63, 3.8) is 0 Å². The average Bonchev–Trinajstić information content (AvgIpc) is 2.26. The molecule has 1 aromatic carbocycles. The van der Waals surface area contributed by atoms with E-state index < -0.39 is 0 Å². The van der Waals surface area contributed by atoms with Crippen molar-refractivity contribution in [1.82, 2.24) is 0 Å². The third kappa shape index (κ3) is 5.73. The Morgan fingerprint density at radius 1 is 1.00 bits per heavy atom. The fourth-order valence-corrected chi connectivity index (χ4v) is 1.69. The highest BCUT2D eigenvalue weighted by atomic mass is 32.1. The van der Waals surface area contributed by atoms with E-state index in [9.17, 15) is 0 Å². The second kappa shape index (κ2) is 7.63. The molecule has 0 aliphatic heterocycles. The van der Waals surface area contributed by atoms with Crippen LogP contribution in [0.3, 0.4) is 0 Å². The van der Waals surface area contributed by atoms with Gasteiger partial charge in [-0.25, -0.2) is 0 Å². The van der Waals surface area contributed by atoms with Crippen LogP contribution in [0, 0.1) is 0 Å². The van der Waals surface area contributed by atoms with Gasteiger partial charge in [-0.1, -0.05) is 32.6 Å². The third-order valence-electron chi connectivity index (χ3n) is 2.48. The van der Waals surface area contributed by atoms with Gasteiger partial charge in [0.15, 0.2) is 0 Å². The van der Waals surface area contributed by atoms with E-state index in [4.69, 9.17) is 0 Å². The van der Waals surface area contributed by atoms with Gasteiger partial charge in [-0.2, -0.15) is 0 Å². The molecule has 0 bridgehead atoms. The minimum Gasteiger partial charge on any atom is -0.385 e. The monoisotopic (exact) mass is 223 g/mol. The van der Waals surface area contributed by atoms with E-state index in [1.165, 1.54) is 37.8 Å². The van der Waals surface area contributed by atoms with Crippen molar-refractivity contribution < 1.29 is 0 Å². The molecule has 0 aliphatic carbocycles. The van der Waals surface area contributed by atoms with E-state index in [1.807, 2.05) is 12.1 Å². The number of thiol groups is 1. The average molecular weight is 223 g/mol. The highest BCUT2D eigenvalue weighted by molar-refractivity contribution is 7.80. The Labute approximate surface area is 98.7 Å². The Morgan fingerprint density at radius 2 is 1.67 bits per heavy atom. The van der Waals surface area contributed by atoms with Crippen molar-refractivity contribution >= 4 is 18.3 Å². The zero-order valence-electron chi connectivity index (χ0n) is 9.50. The lowest BCUT2D eigenvalue weighted by Gasteiger charge is -2.06. The maximum atomic E-state index is 4.25. The largest absolute Gasteiger partial charge is 0.385 e. The summed E-state index contributed by atoms with van der Waals surface area (Å²) in [5.74, 6) is 0. The number of rotatable bonds is 7. The molecule has 0 spiro atoms. The summed E-state index contributed by atoms with van der Waals surface area (Å²) in [7, 11) is 0. The third-order valence-corrected chi connectivity index (χ3v) is 2.77. The second-order valence-corrected chi connectivity index (χ2v) is 4.40. The molecule has 0 aliphatic rings. The predicted octanol–water partition coefficient (Wildman–Crippen LogP) is 4.36. The Morgan fingerprint density at radius 3 is 2.33 bits per heavy atom. The molecule has 0 fully saturated rings. The number of hydrogen-bond acceptors (Lipinski definition) is 2. The lowest BCUT2D eigenvalue weighted by Crippen LogP contribution is -2.00. The van der Waals surface area contributed by atoms with E-state index in [-0.39, 0.29) is 0 Å². The Balaban J connectivity index is 2.07. The van der Waals surface area contributed by atoms with Crippen LogP contribution in [-0.4, -0.2) is 6.54 Å². The van der Waals surface area contributed by atoms with Gasteiger partial charge in [0.2, 0.25) is 0 Å². The van der Waals surface area contributed by atoms with Crippen LogP contribution in [-0.2, 0) is 0 Å². The van der Waals surface area contributed by atoms with Crippen LogP contribution in [0.25, 0.3) is 0 Å². The lowest BCUT2D eigenvalue weighted by molar-refractivity contribution is 0.645. The molecule has 84 valence electrons. The van der Waals surface area contributed by atoms with E-state index >= 15 is 0 Å². The molecule has 1 aromatic rings. The highest BCUT2D eigenvalue weighted by Crippen LogP contribution is 2.12. The standard InChI is InChI=1S/C13H21NS/c1-2-3-4-5-6-11-14-12-7-9-13(15)10-8-12/h7-10,14-15H,2-6,11H2,1H3. The zero-order valence-corrected chi connectivity index (χ0v) is 10.4. The maximum Gasteiger partial charge on any atom is 0.0340 e. The summed E-state index contributed by atoms with van der Waals surface area (Å²) >= 11 is 4.25. The first kappa shape index (κ1) is 12.4. The molecular formula is C13H21NS. The van der Waals surface area contributed by atoms with Crippen molar-refractivity contribution in [2.45, 2.75) is 43.9 Å². The van der Waals surface area contributed by atoms with Crippen molar-refractivity contribution in [2.75, 3.05) is 11.9 Å². The zero-order chi connectivity index (χ0) is 10.9. The summed E-state index contributed by atoms with van der Waals surface area (Å²) in [6.45, 7) is 3.33. The summed E-state index contributed by atoms with van der Waals surface area (Å²) < 4.78 is 0. The van der Waals surface area contributed by atoms with Crippen molar-refractivity contribution in [1.29, 1.82) is 0 Å². The molecule has 0 unspecified atom stereocenters. The molecule has 2 heteroatoms. The van der Waals surface area contributed by atoms with Crippen LogP contribution < -0.4 is 5.32 Å². The molecule has 0 saturated heterocycles. The SMILES string of the molecule is CCCCCCCNc1ccc(S)cc1. The molecule has 0 heterocycles. The number of nitrogens with one attached hydrogen (secondary N) is 1.